The van der Waals surface area contributed by atoms with Crippen LogP contribution in [-0.4, -0.2) is 40.6 Å². The Morgan fingerprint density at radius 2 is 1.92 bits per heavy atom. The second-order valence-corrected chi connectivity index (χ2v) is 6.24. The van der Waals surface area contributed by atoms with E-state index in [2.05, 4.69) is 32.5 Å². The molecule has 1 aromatic heterocycles. The molecule has 2 N–H and O–H groups in total. The number of hydrogen-bond acceptors (Lipinski definition) is 3. The van der Waals surface area contributed by atoms with Gasteiger partial charge in [0.1, 0.15) is 11.4 Å². The fourth-order valence-electron chi connectivity index (χ4n) is 3.21. The van der Waals surface area contributed by atoms with Crippen molar-refractivity contribution < 1.29 is 13.6 Å². The molecule has 1 fully saturated rings. The van der Waals surface area contributed by atoms with Crippen LogP contribution in [0.1, 0.15) is 53.5 Å². The highest BCUT2D eigenvalue weighted by molar-refractivity contribution is 5.92. The molecule has 5 nitrogen and oxygen atoms in total. The van der Waals surface area contributed by atoms with Crippen LogP contribution < -0.4 is 5.32 Å². The van der Waals surface area contributed by atoms with Gasteiger partial charge in [-0.15, -0.1) is 0 Å². The van der Waals surface area contributed by atoms with Crippen LogP contribution in [0.3, 0.4) is 0 Å². The van der Waals surface area contributed by atoms with Gasteiger partial charge in [-0.2, -0.15) is 5.10 Å². The van der Waals surface area contributed by atoms with E-state index in [4.69, 9.17) is 0 Å². The van der Waals surface area contributed by atoms with Gasteiger partial charge in [0.2, 0.25) is 0 Å². The molecule has 0 saturated carbocycles. The summed E-state index contributed by atoms with van der Waals surface area (Å²) in [5, 5.41) is 8.71. The maximum atomic E-state index is 12.6. The molecule has 2 aromatic rings. The van der Waals surface area contributed by atoms with Crippen LogP contribution in [-0.2, 0) is 0 Å². The number of carbonyl (C=O) groups excluding carboxylic acids is 1. The smallest absolute Gasteiger partial charge is 0.279 e. The first-order chi connectivity index (χ1) is 12.1. The van der Waals surface area contributed by atoms with Gasteiger partial charge < -0.3 is 5.32 Å². The largest absolute Gasteiger partial charge is 0.349 e. The Hall–Kier alpha value is -2.28. The van der Waals surface area contributed by atoms with Gasteiger partial charge in [-0.25, -0.2) is 8.78 Å². The first-order valence-electron chi connectivity index (χ1n) is 8.56. The van der Waals surface area contributed by atoms with E-state index in [1.807, 2.05) is 18.2 Å². The Labute approximate surface area is 145 Å². The number of nitrogens with one attached hydrogen (secondary N) is 2. The fourth-order valence-corrected chi connectivity index (χ4v) is 3.21. The van der Waals surface area contributed by atoms with Crippen LogP contribution >= 0.6 is 0 Å². The minimum atomic E-state index is -2.67. The van der Waals surface area contributed by atoms with Crippen LogP contribution in [0, 0.1) is 0 Å². The molecule has 25 heavy (non-hydrogen) atoms. The maximum Gasteiger partial charge on any atom is 0.279 e. The van der Waals surface area contributed by atoms with Crippen LogP contribution in [0.5, 0.6) is 0 Å². The molecule has 1 saturated heterocycles. The van der Waals surface area contributed by atoms with Crippen molar-refractivity contribution in [1.29, 1.82) is 0 Å². The number of likely N-dealkylation sites (tertiary alicyclic amines) is 1. The number of aromatic amines is 1. The highest BCUT2D eigenvalue weighted by Gasteiger charge is 2.23. The molecule has 1 aliphatic heterocycles. The lowest BCUT2D eigenvalue weighted by atomic mass is 10.0. The molecule has 1 atom stereocenters. The third-order valence-electron chi connectivity index (χ3n) is 4.54. The lowest BCUT2D eigenvalue weighted by Gasteiger charge is -2.35. The van der Waals surface area contributed by atoms with Gasteiger partial charge in [-0.1, -0.05) is 36.8 Å². The second kappa shape index (κ2) is 8.20. The molecule has 134 valence electrons. The van der Waals surface area contributed by atoms with Crippen LogP contribution in [0.4, 0.5) is 8.78 Å². The predicted molar refractivity (Wildman–Crippen MR) is 90.5 cm³/mol. The number of H-pyrrole nitrogens is 1. The summed E-state index contributed by atoms with van der Waals surface area (Å²) in [5.74, 6) is -0.443. The lowest BCUT2D eigenvalue weighted by Crippen LogP contribution is -2.40. The molecule has 3 rings (SSSR count). The van der Waals surface area contributed by atoms with E-state index in [1.54, 1.807) is 0 Å². The van der Waals surface area contributed by atoms with Crippen molar-refractivity contribution in [3.63, 3.8) is 0 Å². The third-order valence-corrected chi connectivity index (χ3v) is 4.54. The van der Waals surface area contributed by atoms with Crippen molar-refractivity contribution in [1.82, 2.24) is 20.4 Å². The number of halogens is 2. The number of amides is 1. The Bertz CT molecular complexity index is 683. The van der Waals surface area contributed by atoms with Crippen molar-refractivity contribution >= 4 is 5.91 Å². The highest BCUT2D eigenvalue weighted by Crippen LogP contribution is 2.24. The normalized spacial score (nSPS) is 16.8. The Balaban J connectivity index is 1.68. The van der Waals surface area contributed by atoms with Crippen LogP contribution in [0.2, 0.25) is 0 Å². The summed E-state index contributed by atoms with van der Waals surface area (Å²) in [7, 11) is 0. The molecule has 0 radical (unpaired) electrons. The van der Waals surface area contributed by atoms with Crippen molar-refractivity contribution in [3.05, 3.63) is 53.3 Å². The van der Waals surface area contributed by atoms with Crippen molar-refractivity contribution in [2.24, 2.45) is 0 Å². The van der Waals surface area contributed by atoms with E-state index in [0.717, 1.165) is 37.6 Å². The quantitative estimate of drug-likeness (QED) is 0.842. The number of alkyl halides is 2. The number of benzene rings is 1. The first kappa shape index (κ1) is 17.5. The van der Waals surface area contributed by atoms with Gasteiger partial charge in [-0.3, -0.25) is 14.8 Å². The molecular weight excluding hydrogens is 326 g/mol. The summed E-state index contributed by atoms with van der Waals surface area (Å²) in [6, 6.07) is 11.2. The third kappa shape index (κ3) is 4.42. The fraction of sp³-hybridized carbons (Fsp3) is 0.444. The average molecular weight is 348 g/mol. The minimum absolute atomic E-state index is 0.0132. The molecule has 1 aromatic carbocycles. The maximum absolute atomic E-state index is 12.6. The zero-order chi connectivity index (χ0) is 17.6. The Morgan fingerprint density at radius 3 is 2.56 bits per heavy atom. The van der Waals surface area contributed by atoms with Gasteiger partial charge in [0.05, 0.1) is 6.04 Å². The number of piperidine rings is 1. The predicted octanol–water partition coefficient (Wildman–Crippen LogP) is 3.30. The monoisotopic (exact) mass is 348 g/mol. The topological polar surface area (TPSA) is 61.0 Å². The van der Waals surface area contributed by atoms with Gasteiger partial charge >= 0.3 is 0 Å². The van der Waals surface area contributed by atoms with Gasteiger partial charge in [0.25, 0.3) is 12.3 Å². The number of hydrogen-bond donors (Lipinski definition) is 2. The molecule has 0 unspecified atom stereocenters. The lowest BCUT2D eigenvalue weighted by molar-refractivity contribution is 0.0919. The molecule has 1 amide bonds. The van der Waals surface area contributed by atoms with E-state index in [-0.39, 0.29) is 17.4 Å². The molecule has 0 spiro atoms. The Morgan fingerprint density at radius 1 is 1.20 bits per heavy atom. The molecule has 1 aliphatic rings. The summed E-state index contributed by atoms with van der Waals surface area (Å²) in [6.45, 7) is 2.40. The van der Waals surface area contributed by atoms with Crippen LogP contribution in [0.15, 0.2) is 36.4 Å². The summed E-state index contributed by atoms with van der Waals surface area (Å²) in [5.41, 5.74) is 0.779. The summed E-state index contributed by atoms with van der Waals surface area (Å²) in [4.78, 5) is 14.6. The zero-order valence-electron chi connectivity index (χ0n) is 13.9. The standard InChI is InChI=1S/C18H22F2N4O/c19-17(20)14-11-15(23-22-14)18(25)21-12-16(13-7-3-1-4-8-13)24-9-5-2-6-10-24/h1,3-4,7-8,11,16-17H,2,5-6,9-10,12H2,(H,21,25)(H,22,23)/t16-/m1/s1. The van der Waals surface area contributed by atoms with Crippen molar-refractivity contribution in [3.8, 4) is 0 Å². The molecule has 7 heteroatoms. The van der Waals surface area contributed by atoms with E-state index in [1.165, 1.54) is 6.42 Å². The first-order valence-corrected chi connectivity index (χ1v) is 8.56. The molecule has 0 aliphatic carbocycles. The minimum Gasteiger partial charge on any atom is -0.349 e. The van der Waals surface area contributed by atoms with E-state index in [9.17, 15) is 13.6 Å². The number of nitrogens with zero attached hydrogens (tertiary/aromatic N) is 2. The summed E-state index contributed by atoms with van der Waals surface area (Å²) < 4.78 is 25.2. The molecule has 2 heterocycles. The number of aromatic nitrogens is 2. The van der Waals surface area contributed by atoms with Gasteiger partial charge in [0, 0.05) is 6.54 Å². The van der Waals surface area contributed by atoms with E-state index in [0.29, 0.717) is 6.54 Å². The van der Waals surface area contributed by atoms with E-state index < -0.39 is 12.3 Å². The highest BCUT2D eigenvalue weighted by atomic mass is 19.3. The molecule has 0 bridgehead atoms. The zero-order valence-corrected chi connectivity index (χ0v) is 13.9. The number of rotatable bonds is 6. The number of carbonyl (C=O) groups is 1. The van der Waals surface area contributed by atoms with Crippen LogP contribution in [0.25, 0.3) is 0 Å². The summed E-state index contributed by atoms with van der Waals surface area (Å²) >= 11 is 0. The Kier molecular flexibility index (Phi) is 5.75. The SMILES string of the molecule is O=C(NC[C@H](c1ccccc1)N1CCCCC1)c1cc(C(F)F)[nH]n1. The molecular formula is C18H22F2N4O. The summed E-state index contributed by atoms with van der Waals surface area (Å²) in [6.07, 6.45) is 0.857. The van der Waals surface area contributed by atoms with Gasteiger partial charge in [-0.05, 0) is 37.6 Å². The average Bonchev–Trinajstić information content (AvgIpc) is 3.14. The van der Waals surface area contributed by atoms with Crippen molar-refractivity contribution in [2.45, 2.75) is 31.7 Å². The van der Waals surface area contributed by atoms with Crippen molar-refractivity contribution in [2.75, 3.05) is 19.6 Å². The second-order valence-electron chi connectivity index (χ2n) is 6.24. The van der Waals surface area contributed by atoms with E-state index >= 15 is 0 Å². The van der Waals surface area contributed by atoms with Gasteiger partial charge in [0.15, 0.2) is 0 Å².